The predicted molar refractivity (Wildman–Crippen MR) is 189 cm³/mol. The Labute approximate surface area is 272 Å². The summed E-state index contributed by atoms with van der Waals surface area (Å²) >= 11 is 0. The average Bonchev–Trinajstić information content (AvgIpc) is 3.07. The molecule has 0 N–H and O–H groups in total. The zero-order valence-corrected chi connectivity index (χ0v) is 28.1. The van der Waals surface area contributed by atoms with E-state index in [1.807, 2.05) is 33.8 Å². The number of allylic oxidation sites excluding steroid dienone is 3. The Hall–Kier alpha value is -3.51. The molecule has 0 saturated heterocycles. The van der Waals surface area contributed by atoms with Crippen LogP contribution in [0.25, 0.3) is 0 Å². The number of benzene rings is 3. The number of methoxy groups -OCH3 is 1. The first-order valence-electron chi connectivity index (χ1n) is 15.3. The molecule has 0 amide bonds. The van der Waals surface area contributed by atoms with Gasteiger partial charge in [0.15, 0.2) is 0 Å². The number of hydrogen-bond acceptors (Lipinski definition) is 2. The Morgan fingerprint density at radius 3 is 1.64 bits per heavy atom. The van der Waals surface area contributed by atoms with Crippen LogP contribution in [-0.4, -0.2) is 13.8 Å². The lowest BCUT2D eigenvalue weighted by atomic mass is 9.93. The van der Waals surface area contributed by atoms with Crippen molar-refractivity contribution >= 4 is 6.72 Å². The summed E-state index contributed by atoms with van der Waals surface area (Å²) in [6.45, 7) is 23.4. The van der Waals surface area contributed by atoms with E-state index in [-0.39, 0.29) is 7.43 Å². The molecule has 0 spiro atoms. The van der Waals surface area contributed by atoms with Crippen LogP contribution < -0.4 is 0 Å². The maximum Gasteiger partial charge on any atom is 0.419 e. The van der Waals surface area contributed by atoms with Crippen LogP contribution in [0.15, 0.2) is 108 Å². The lowest BCUT2D eigenvalue weighted by Crippen LogP contribution is -2.09. The van der Waals surface area contributed by atoms with Gasteiger partial charge in [-0.15, -0.1) is 0 Å². The van der Waals surface area contributed by atoms with Gasteiger partial charge in [0.05, 0.1) is 11.7 Å². The maximum atomic E-state index is 12.9. The largest absolute Gasteiger partial charge is 0.419 e. The molecule has 2 nitrogen and oxygen atoms in total. The highest BCUT2D eigenvalue weighted by atomic mass is 19.4. The van der Waals surface area contributed by atoms with Gasteiger partial charge >= 0.3 is 6.18 Å². The number of alkyl halides is 3. The highest BCUT2D eigenvalue weighted by Crippen LogP contribution is 2.33. The first kappa shape index (κ1) is 45.9. The van der Waals surface area contributed by atoms with E-state index in [2.05, 4.69) is 99.7 Å². The van der Waals surface area contributed by atoms with E-state index in [9.17, 15) is 17.6 Å². The van der Waals surface area contributed by atoms with Gasteiger partial charge in [-0.3, -0.25) is 4.99 Å². The zero-order valence-electron chi connectivity index (χ0n) is 28.1. The van der Waals surface area contributed by atoms with Crippen LogP contribution in [0.5, 0.6) is 0 Å². The van der Waals surface area contributed by atoms with Crippen molar-refractivity contribution in [1.82, 2.24) is 0 Å². The monoisotopic (exact) mass is 631 g/mol. The van der Waals surface area contributed by atoms with Crippen molar-refractivity contribution in [2.24, 2.45) is 4.99 Å². The molecule has 0 heterocycles. The van der Waals surface area contributed by atoms with Crippen LogP contribution in [-0.2, 0) is 10.9 Å². The van der Waals surface area contributed by atoms with Crippen LogP contribution in [0.4, 0.5) is 17.6 Å². The van der Waals surface area contributed by atoms with Gasteiger partial charge in [-0.05, 0) is 60.9 Å². The Kier molecular flexibility index (Phi) is 27.4. The summed E-state index contributed by atoms with van der Waals surface area (Å²) in [4.78, 5) is 3.98. The van der Waals surface area contributed by atoms with E-state index in [1.165, 1.54) is 29.9 Å². The highest BCUT2D eigenvalue weighted by Gasteiger charge is 2.34. The Balaban J connectivity index is -0.000000556. The molecule has 252 valence electrons. The number of aliphatic imine (C=N–C) groups is 1. The quantitative estimate of drug-likeness (QED) is 0.131. The fraction of sp³-hybridized carbons (Fsp3) is 0.410. The van der Waals surface area contributed by atoms with Gasteiger partial charge in [0.2, 0.25) is 0 Å². The Morgan fingerprint density at radius 1 is 0.844 bits per heavy atom. The molecule has 0 aliphatic carbocycles. The maximum absolute atomic E-state index is 12.9. The van der Waals surface area contributed by atoms with E-state index in [0.29, 0.717) is 11.5 Å². The van der Waals surface area contributed by atoms with Gasteiger partial charge in [0, 0.05) is 18.7 Å². The number of hydrogen-bond donors (Lipinski definition) is 0. The van der Waals surface area contributed by atoms with Crippen molar-refractivity contribution in [3.8, 4) is 0 Å². The predicted octanol–water partition coefficient (Wildman–Crippen LogP) is 13.4. The van der Waals surface area contributed by atoms with Gasteiger partial charge in [-0.1, -0.05) is 142 Å². The van der Waals surface area contributed by atoms with Crippen LogP contribution >= 0.6 is 0 Å². The lowest BCUT2D eigenvalue weighted by Gasteiger charge is -2.13. The smallest absolute Gasteiger partial charge is 0.377 e. The summed E-state index contributed by atoms with van der Waals surface area (Å²) in [5.41, 5.74) is 4.11. The fourth-order valence-corrected chi connectivity index (χ4v) is 3.87. The first-order chi connectivity index (χ1) is 21.0. The number of rotatable bonds is 9. The molecule has 0 aliphatic heterocycles. The van der Waals surface area contributed by atoms with E-state index in [0.717, 1.165) is 37.1 Å². The molecule has 0 bridgehead atoms. The molecular weight excluding hydrogens is 574 g/mol. The van der Waals surface area contributed by atoms with E-state index in [1.54, 1.807) is 6.92 Å². The normalized spacial score (nSPS) is 11.2. The Morgan fingerprint density at radius 2 is 1.31 bits per heavy atom. The molecule has 0 aliphatic rings. The minimum Gasteiger partial charge on any atom is -0.377 e. The fourth-order valence-electron chi connectivity index (χ4n) is 3.87. The molecule has 3 rings (SSSR count). The second kappa shape index (κ2) is 26.9. The SMILES string of the molecule is C.C=C/C(CC)=C(/CCC)N=C.CC.CC.CC(c1ccccc1)c1ccccc1.COC(C)c1ccc(F)c(C(F)(F)F)c1. The summed E-state index contributed by atoms with van der Waals surface area (Å²) in [6, 6.07) is 24.0. The number of ether oxygens (including phenoxy) is 1. The second-order valence-electron chi connectivity index (χ2n) is 9.10. The van der Waals surface area contributed by atoms with E-state index in [4.69, 9.17) is 4.74 Å². The van der Waals surface area contributed by atoms with Gasteiger partial charge in [0.1, 0.15) is 5.82 Å². The molecule has 0 fully saturated rings. The van der Waals surface area contributed by atoms with E-state index >= 15 is 0 Å². The van der Waals surface area contributed by atoms with Crippen LogP contribution in [0, 0.1) is 5.82 Å². The summed E-state index contributed by atoms with van der Waals surface area (Å²) < 4.78 is 54.7. The van der Waals surface area contributed by atoms with Crippen molar-refractivity contribution in [3.05, 3.63) is 131 Å². The van der Waals surface area contributed by atoms with Crippen molar-refractivity contribution in [3.63, 3.8) is 0 Å². The molecule has 0 radical (unpaired) electrons. The van der Waals surface area contributed by atoms with E-state index < -0.39 is 23.7 Å². The minimum absolute atomic E-state index is 0. The molecule has 3 aromatic carbocycles. The van der Waals surface area contributed by atoms with Crippen molar-refractivity contribution < 1.29 is 22.3 Å². The second-order valence-corrected chi connectivity index (χ2v) is 9.10. The van der Waals surface area contributed by atoms with Gasteiger partial charge < -0.3 is 4.74 Å². The molecular formula is C39H57F4NO. The van der Waals surface area contributed by atoms with Crippen LogP contribution in [0.2, 0.25) is 0 Å². The van der Waals surface area contributed by atoms with Crippen molar-refractivity contribution in [1.29, 1.82) is 0 Å². The third kappa shape index (κ3) is 17.5. The third-order valence-electron chi connectivity index (χ3n) is 6.39. The lowest BCUT2D eigenvalue weighted by molar-refractivity contribution is -0.140. The summed E-state index contributed by atoms with van der Waals surface area (Å²) in [5, 5.41) is 0. The van der Waals surface area contributed by atoms with Crippen molar-refractivity contribution in [2.75, 3.05) is 7.11 Å². The van der Waals surface area contributed by atoms with Gasteiger partial charge in [0.25, 0.3) is 0 Å². The summed E-state index contributed by atoms with van der Waals surface area (Å²) in [5.74, 6) is -0.785. The first-order valence-corrected chi connectivity index (χ1v) is 15.3. The molecule has 3 aromatic rings. The Bertz CT molecular complexity index is 1150. The van der Waals surface area contributed by atoms with Gasteiger partial charge in [-0.2, -0.15) is 13.2 Å². The van der Waals surface area contributed by atoms with Crippen LogP contribution in [0.1, 0.15) is 116 Å². The van der Waals surface area contributed by atoms with Crippen molar-refractivity contribution in [2.45, 2.75) is 100 Å². The molecule has 1 atom stereocenters. The number of halogens is 4. The topological polar surface area (TPSA) is 21.6 Å². The molecule has 45 heavy (non-hydrogen) atoms. The molecule has 0 aromatic heterocycles. The summed E-state index contributed by atoms with van der Waals surface area (Å²) in [7, 11) is 1.38. The standard InChI is InChI=1S/C14H14.C10H10F4O.C10H17N.2C2H6.CH4/c1-12(13-8-4-2-5-9-13)14-10-6-3-7-11-14;1-6(15-2)7-3-4-9(11)8(5-7)10(12,13)14;1-5-8-10(11-4)9(6-2)7-3;2*1-2;/h2-12H,1H3;3-6H,1-2H3;6H,2,4-5,7-8H2,1,3H3;2*1-2H3;1H4/b;;10-9+;;;. The third-order valence-corrected chi connectivity index (χ3v) is 6.39. The van der Waals surface area contributed by atoms with Crippen LogP contribution in [0.3, 0.4) is 0 Å². The summed E-state index contributed by atoms with van der Waals surface area (Å²) in [6.07, 6.45) is -0.165. The minimum atomic E-state index is -4.67. The molecule has 1 unspecified atom stereocenters. The molecule has 0 saturated carbocycles. The zero-order chi connectivity index (χ0) is 34.1. The number of nitrogens with zero attached hydrogens (tertiary/aromatic N) is 1. The molecule has 6 heteroatoms. The highest BCUT2D eigenvalue weighted by molar-refractivity contribution is 5.34. The average molecular weight is 632 g/mol. The van der Waals surface area contributed by atoms with Gasteiger partial charge in [-0.25, -0.2) is 4.39 Å².